The van der Waals surface area contributed by atoms with Crippen LogP contribution in [-0.2, 0) is 10.0 Å². The Morgan fingerprint density at radius 3 is 2.34 bits per heavy atom. The van der Waals surface area contributed by atoms with Gasteiger partial charge in [0.25, 0.3) is 15.9 Å². The van der Waals surface area contributed by atoms with E-state index < -0.39 is 10.0 Å². The minimum atomic E-state index is -3.98. The Balaban J connectivity index is 1.82. The molecule has 0 atom stereocenters. The van der Waals surface area contributed by atoms with Crippen LogP contribution in [0.4, 0.5) is 11.4 Å². The van der Waals surface area contributed by atoms with Crippen LogP contribution in [-0.4, -0.2) is 21.4 Å². The number of amides is 1. The third-order valence-electron chi connectivity index (χ3n) is 3.92. The summed E-state index contributed by atoms with van der Waals surface area (Å²) < 4.78 is 33.0. The van der Waals surface area contributed by atoms with Crippen LogP contribution in [0.15, 0.2) is 71.6 Å². The summed E-state index contributed by atoms with van der Waals surface area (Å²) in [5.74, 6) is -0.177. The second-order valence-corrected chi connectivity index (χ2v) is 8.41. The first-order valence-electron chi connectivity index (χ1n) is 8.32. The standard InChI is InChI=1S/C20H16Cl2N2O4S/c1-28-18-10-7-14(21)11-19(18)29(26,27)24-15-8-9-17(16(22)12-15)23-20(25)13-5-3-2-4-6-13/h2-12,24H,1H3,(H,23,25). The largest absolute Gasteiger partial charge is 0.495 e. The van der Waals surface area contributed by atoms with Crippen molar-refractivity contribution in [2.75, 3.05) is 17.1 Å². The molecule has 0 heterocycles. The fraction of sp³-hybridized carbons (Fsp3) is 0.0500. The van der Waals surface area contributed by atoms with Crippen LogP contribution in [0, 0.1) is 0 Å². The fourth-order valence-corrected chi connectivity index (χ4v) is 4.24. The molecule has 0 spiro atoms. The molecule has 0 radical (unpaired) electrons. The maximum Gasteiger partial charge on any atom is 0.265 e. The number of methoxy groups -OCH3 is 1. The first-order chi connectivity index (χ1) is 13.8. The predicted molar refractivity (Wildman–Crippen MR) is 115 cm³/mol. The third-order valence-corrected chi connectivity index (χ3v) is 5.87. The van der Waals surface area contributed by atoms with E-state index in [1.807, 2.05) is 0 Å². The normalized spacial score (nSPS) is 11.0. The van der Waals surface area contributed by atoms with Gasteiger partial charge < -0.3 is 10.1 Å². The van der Waals surface area contributed by atoms with Crippen molar-refractivity contribution in [1.29, 1.82) is 0 Å². The molecule has 0 aliphatic carbocycles. The van der Waals surface area contributed by atoms with E-state index in [1.165, 1.54) is 43.5 Å². The van der Waals surface area contributed by atoms with Gasteiger partial charge >= 0.3 is 0 Å². The van der Waals surface area contributed by atoms with E-state index in [-0.39, 0.29) is 32.3 Å². The lowest BCUT2D eigenvalue weighted by Crippen LogP contribution is -2.15. The fourth-order valence-electron chi connectivity index (χ4n) is 2.53. The number of carbonyl (C=O) groups excluding carboxylic acids is 1. The number of sulfonamides is 1. The summed E-state index contributed by atoms with van der Waals surface area (Å²) >= 11 is 12.1. The zero-order valence-corrected chi connectivity index (χ0v) is 17.5. The van der Waals surface area contributed by atoms with Gasteiger partial charge in [0.2, 0.25) is 0 Å². The zero-order valence-electron chi connectivity index (χ0n) is 15.1. The van der Waals surface area contributed by atoms with Crippen LogP contribution in [0.25, 0.3) is 0 Å². The van der Waals surface area contributed by atoms with Gasteiger partial charge in [0, 0.05) is 10.6 Å². The third kappa shape index (κ3) is 5.00. The highest BCUT2D eigenvalue weighted by Gasteiger charge is 2.21. The molecule has 2 N–H and O–H groups in total. The van der Waals surface area contributed by atoms with Crippen molar-refractivity contribution >= 4 is 50.5 Å². The van der Waals surface area contributed by atoms with E-state index in [0.717, 1.165) is 0 Å². The van der Waals surface area contributed by atoms with E-state index in [4.69, 9.17) is 27.9 Å². The first-order valence-corrected chi connectivity index (χ1v) is 10.6. The van der Waals surface area contributed by atoms with Crippen LogP contribution in [0.3, 0.4) is 0 Å². The van der Waals surface area contributed by atoms with Crippen molar-refractivity contribution in [3.8, 4) is 5.75 Å². The molecule has 0 saturated carbocycles. The molecule has 0 aliphatic heterocycles. The summed E-state index contributed by atoms with van der Waals surface area (Å²) in [5, 5.41) is 3.11. The molecule has 0 fully saturated rings. The number of hydrogen-bond acceptors (Lipinski definition) is 4. The number of benzene rings is 3. The summed E-state index contributed by atoms with van der Waals surface area (Å²) in [7, 11) is -2.62. The van der Waals surface area contributed by atoms with Crippen molar-refractivity contribution < 1.29 is 17.9 Å². The molecule has 3 aromatic carbocycles. The molecule has 0 bridgehead atoms. The highest BCUT2D eigenvalue weighted by molar-refractivity contribution is 7.92. The number of halogens is 2. The summed E-state index contributed by atoms with van der Waals surface area (Å²) in [6.45, 7) is 0. The summed E-state index contributed by atoms with van der Waals surface area (Å²) in [6, 6.07) is 17.3. The van der Waals surface area contributed by atoms with Gasteiger partial charge in [-0.25, -0.2) is 8.42 Å². The average molecular weight is 451 g/mol. The quantitative estimate of drug-likeness (QED) is 0.549. The summed E-state index contributed by atoms with van der Waals surface area (Å²) in [5.41, 5.74) is 1.04. The van der Waals surface area contributed by atoms with Crippen molar-refractivity contribution in [3.63, 3.8) is 0 Å². The first kappa shape index (κ1) is 21.0. The number of hydrogen-bond donors (Lipinski definition) is 2. The van der Waals surface area contributed by atoms with Crippen molar-refractivity contribution in [2.24, 2.45) is 0 Å². The zero-order chi connectivity index (χ0) is 21.0. The summed E-state index contributed by atoms with van der Waals surface area (Å²) in [6.07, 6.45) is 0. The molecule has 0 unspecified atom stereocenters. The van der Waals surface area contributed by atoms with Crippen LogP contribution < -0.4 is 14.8 Å². The van der Waals surface area contributed by atoms with Gasteiger partial charge in [-0.2, -0.15) is 0 Å². The van der Waals surface area contributed by atoms with Crippen molar-refractivity contribution in [1.82, 2.24) is 0 Å². The molecule has 1 amide bonds. The van der Waals surface area contributed by atoms with E-state index in [2.05, 4.69) is 10.0 Å². The number of carbonyl (C=O) groups is 1. The molecule has 9 heteroatoms. The second-order valence-electron chi connectivity index (χ2n) is 5.92. The van der Waals surface area contributed by atoms with Gasteiger partial charge in [-0.3, -0.25) is 9.52 Å². The molecule has 6 nitrogen and oxygen atoms in total. The maximum absolute atomic E-state index is 12.7. The van der Waals surface area contributed by atoms with E-state index in [1.54, 1.807) is 30.3 Å². The van der Waals surface area contributed by atoms with Gasteiger partial charge in [0.05, 0.1) is 23.5 Å². The molecule has 3 aromatic rings. The number of anilines is 2. The Hall–Kier alpha value is -2.74. The van der Waals surface area contributed by atoms with Crippen molar-refractivity contribution in [2.45, 2.75) is 4.90 Å². The molecular weight excluding hydrogens is 435 g/mol. The highest BCUT2D eigenvalue weighted by atomic mass is 35.5. The molecule has 0 aromatic heterocycles. The Bertz CT molecular complexity index is 1150. The smallest absolute Gasteiger partial charge is 0.265 e. The lowest BCUT2D eigenvalue weighted by molar-refractivity contribution is 0.102. The topological polar surface area (TPSA) is 84.5 Å². The Labute approximate surface area is 178 Å². The van der Waals surface area contributed by atoms with Gasteiger partial charge in [0.1, 0.15) is 10.6 Å². The Kier molecular flexibility index (Phi) is 6.32. The molecule has 0 aliphatic rings. The molecule has 150 valence electrons. The predicted octanol–water partition coefficient (Wildman–Crippen LogP) is 5.06. The van der Waals surface area contributed by atoms with Crippen LogP contribution in [0.5, 0.6) is 5.75 Å². The lowest BCUT2D eigenvalue weighted by atomic mass is 10.2. The van der Waals surface area contributed by atoms with E-state index >= 15 is 0 Å². The van der Waals surface area contributed by atoms with Crippen LogP contribution >= 0.6 is 23.2 Å². The summed E-state index contributed by atoms with van der Waals surface area (Å²) in [4.78, 5) is 12.2. The van der Waals surface area contributed by atoms with Gasteiger partial charge in [-0.05, 0) is 48.5 Å². The van der Waals surface area contributed by atoms with E-state index in [0.29, 0.717) is 11.3 Å². The molecule has 0 saturated heterocycles. The molecular formula is C20H16Cl2N2O4S. The number of nitrogens with one attached hydrogen (secondary N) is 2. The van der Waals surface area contributed by atoms with Crippen LogP contribution in [0.2, 0.25) is 10.0 Å². The second kappa shape index (κ2) is 8.73. The molecule has 29 heavy (non-hydrogen) atoms. The monoisotopic (exact) mass is 450 g/mol. The average Bonchev–Trinajstić information content (AvgIpc) is 2.70. The Morgan fingerprint density at radius 1 is 0.966 bits per heavy atom. The maximum atomic E-state index is 12.7. The number of ether oxygens (including phenoxy) is 1. The lowest BCUT2D eigenvalue weighted by Gasteiger charge is -2.13. The SMILES string of the molecule is COc1ccc(Cl)cc1S(=O)(=O)Nc1ccc(NC(=O)c2ccccc2)c(Cl)c1. The van der Waals surface area contributed by atoms with Crippen LogP contribution in [0.1, 0.15) is 10.4 Å². The number of rotatable bonds is 6. The van der Waals surface area contributed by atoms with Crippen molar-refractivity contribution in [3.05, 3.63) is 82.3 Å². The Morgan fingerprint density at radius 2 is 1.69 bits per heavy atom. The van der Waals surface area contributed by atoms with Gasteiger partial charge in [-0.15, -0.1) is 0 Å². The minimum absolute atomic E-state index is 0.106. The highest BCUT2D eigenvalue weighted by Crippen LogP contribution is 2.31. The molecule has 3 rings (SSSR count). The van der Waals surface area contributed by atoms with Gasteiger partial charge in [0.15, 0.2) is 0 Å². The van der Waals surface area contributed by atoms with Gasteiger partial charge in [-0.1, -0.05) is 41.4 Å². The minimum Gasteiger partial charge on any atom is -0.495 e. The van der Waals surface area contributed by atoms with E-state index in [9.17, 15) is 13.2 Å².